The molecule has 1 aromatic heterocycles. The van der Waals surface area contributed by atoms with Crippen molar-refractivity contribution in [1.29, 1.82) is 0 Å². The lowest BCUT2D eigenvalue weighted by Gasteiger charge is -2.31. The second kappa shape index (κ2) is 7.14. The van der Waals surface area contributed by atoms with Crippen LogP contribution >= 0.6 is 11.8 Å². The molecule has 3 heterocycles. The summed E-state index contributed by atoms with van der Waals surface area (Å²) in [4.78, 5) is 32.0. The number of benzene rings is 2. The van der Waals surface area contributed by atoms with E-state index in [4.69, 9.17) is 0 Å². The number of amides is 1. The minimum Gasteiger partial charge on any atom is -0.360 e. The third kappa shape index (κ3) is 3.07. The largest absolute Gasteiger partial charge is 0.360 e. The molecule has 0 fully saturated rings. The van der Waals surface area contributed by atoms with Crippen LogP contribution in [-0.2, 0) is 4.79 Å². The molecule has 0 spiro atoms. The number of hydrogen-bond donors (Lipinski definition) is 2. The Kier molecular flexibility index (Phi) is 4.33. The predicted octanol–water partition coefficient (Wildman–Crippen LogP) is 3.10. The zero-order valence-corrected chi connectivity index (χ0v) is 16.1. The first-order valence-electron chi connectivity index (χ1n) is 9.12. The minimum atomic E-state index is -0.606. The normalized spacial score (nSPS) is 18.0. The van der Waals surface area contributed by atoms with Gasteiger partial charge in [0.1, 0.15) is 0 Å². The Balaban J connectivity index is 1.29. The molecule has 1 unspecified atom stereocenters. The van der Waals surface area contributed by atoms with E-state index >= 15 is 0 Å². The maximum atomic E-state index is 12.8. The van der Waals surface area contributed by atoms with Crippen LogP contribution in [0.4, 0.5) is 5.69 Å². The van der Waals surface area contributed by atoms with Crippen LogP contribution in [0.1, 0.15) is 10.4 Å². The topological polar surface area (TPSA) is 80.8 Å². The number of carbonyl (C=O) groups is 2. The molecule has 2 aromatic carbocycles. The molecule has 0 saturated heterocycles. The number of ketones is 1. The second-order valence-electron chi connectivity index (χ2n) is 6.64. The highest BCUT2D eigenvalue weighted by atomic mass is 32.2. The van der Waals surface area contributed by atoms with Gasteiger partial charge in [0.15, 0.2) is 11.0 Å². The van der Waals surface area contributed by atoms with Crippen LogP contribution in [0.25, 0.3) is 10.9 Å². The second-order valence-corrected chi connectivity index (χ2v) is 7.58. The summed E-state index contributed by atoms with van der Waals surface area (Å²) in [5.74, 6) is 0.119. The first-order valence-corrected chi connectivity index (χ1v) is 10.1. The van der Waals surface area contributed by atoms with Gasteiger partial charge in [0, 0.05) is 40.8 Å². The smallest absolute Gasteiger partial charge is 0.276 e. The SMILES string of the molecule is O=C(CSC1=NNC2C(=O)N(c3ccccc3)C=CN12)c1c[nH]c2ccccc12. The van der Waals surface area contributed by atoms with Gasteiger partial charge in [0.25, 0.3) is 5.91 Å². The van der Waals surface area contributed by atoms with Crippen LogP contribution < -0.4 is 10.3 Å². The Morgan fingerprint density at radius 1 is 1.07 bits per heavy atom. The number of aromatic nitrogens is 1. The van der Waals surface area contributed by atoms with Gasteiger partial charge in [-0.3, -0.25) is 24.8 Å². The Bertz CT molecular complexity index is 1150. The fourth-order valence-electron chi connectivity index (χ4n) is 3.43. The van der Waals surface area contributed by atoms with Crippen molar-refractivity contribution in [3.05, 3.63) is 78.8 Å². The molecule has 7 nitrogen and oxygen atoms in total. The van der Waals surface area contributed by atoms with Gasteiger partial charge in [-0.25, -0.2) is 0 Å². The third-order valence-corrected chi connectivity index (χ3v) is 5.85. The molecule has 3 aromatic rings. The van der Waals surface area contributed by atoms with Gasteiger partial charge in [-0.1, -0.05) is 48.2 Å². The highest BCUT2D eigenvalue weighted by molar-refractivity contribution is 8.14. The van der Waals surface area contributed by atoms with Crippen molar-refractivity contribution in [2.24, 2.45) is 5.10 Å². The number of thioether (sulfide) groups is 1. The molecule has 2 aliphatic rings. The lowest BCUT2D eigenvalue weighted by atomic mass is 10.1. The van der Waals surface area contributed by atoms with Gasteiger partial charge in [-0.05, 0) is 18.2 Å². The molecule has 2 N–H and O–H groups in total. The van der Waals surface area contributed by atoms with Crippen LogP contribution in [0.2, 0.25) is 0 Å². The molecule has 1 amide bonds. The number of rotatable bonds is 4. The molecule has 0 saturated carbocycles. The van der Waals surface area contributed by atoms with Crippen LogP contribution in [-0.4, -0.2) is 38.7 Å². The highest BCUT2D eigenvalue weighted by Crippen LogP contribution is 2.26. The van der Waals surface area contributed by atoms with Crippen molar-refractivity contribution >= 4 is 45.2 Å². The Morgan fingerprint density at radius 2 is 1.86 bits per heavy atom. The lowest BCUT2D eigenvalue weighted by molar-refractivity contribution is -0.122. The molecule has 0 radical (unpaired) electrons. The number of hydrazone groups is 1. The Labute approximate surface area is 171 Å². The van der Waals surface area contributed by atoms with E-state index in [0.717, 1.165) is 16.6 Å². The minimum absolute atomic E-state index is 0.0110. The van der Waals surface area contributed by atoms with Crippen molar-refractivity contribution < 1.29 is 9.59 Å². The van der Waals surface area contributed by atoms with Crippen LogP contribution in [0.3, 0.4) is 0 Å². The number of amidine groups is 1. The summed E-state index contributed by atoms with van der Waals surface area (Å²) in [6.45, 7) is 0. The summed E-state index contributed by atoms with van der Waals surface area (Å²) in [5.41, 5.74) is 5.28. The van der Waals surface area contributed by atoms with Crippen molar-refractivity contribution in [3.8, 4) is 0 Å². The number of H-pyrrole nitrogens is 1. The number of para-hydroxylation sites is 2. The summed E-state index contributed by atoms with van der Waals surface area (Å²) in [6.07, 6.45) is 4.67. The van der Waals surface area contributed by atoms with E-state index in [1.165, 1.54) is 11.8 Å². The molecular formula is C21H17N5O2S. The number of Topliss-reactive ketones (excluding diaryl/α,β-unsaturated/α-hetero) is 1. The summed E-state index contributed by atoms with van der Waals surface area (Å²) in [7, 11) is 0. The average Bonchev–Trinajstić information content (AvgIpc) is 3.38. The van der Waals surface area contributed by atoms with E-state index in [-0.39, 0.29) is 17.4 Å². The number of fused-ring (bicyclic) bond motifs is 2. The zero-order chi connectivity index (χ0) is 19.8. The number of hydrogen-bond acceptors (Lipinski definition) is 6. The number of nitrogens with zero attached hydrogens (tertiary/aromatic N) is 3. The summed E-state index contributed by atoms with van der Waals surface area (Å²) in [5, 5.41) is 5.78. The third-order valence-electron chi connectivity index (χ3n) is 4.89. The summed E-state index contributed by atoms with van der Waals surface area (Å²) >= 11 is 1.31. The summed E-state index contributed by atoms with van der Waals surface area (Å²) in [6, 6.07) is 17.2. The highest BCUT2D eigenvalue weighted by Gasteiger charge is 2.38. The van der Waals surface area contributed by atoms with E-state index in [0.29, 0.717) is 10.7 Å². The molecule has 0 aliphatic carbocycles. The van der Waals surface area contributed by atoms with Crippen LogP contribution in [0, 0.1) is 0 Å². The number of aromatic amines is 1. The monoisotopic (exact) mass is 403 g/mol. The van der Waals surface area contributed by atoms with Crippen molar-refractivity contribution in [3.63, 3.8) is 0 Å². The fraction of sp³-hybridized carbons (Fsp3) is 0.0952. The van der Waals surface area contributed by atoms with Gasteiger partial charge in [0.2, 0.25) is 6.17 Å². The quantitative estimate of drug-likeness (QED) is 0.655. The average molecular weight is 403 g/mol. The van der Waals surface area contributed by atoms with Gasteiger partial charge in [0.05, 0.1) is 5.75 Å². The molecular weight excluding hydrogens is 386 g/mol. The first kappa shape index (κ1) is 17.6. The van der Waals surface area contributed by atoms with Crippen molar-refractivity contribution in [2.45, 2.75) is 6.17 Å². The molecule has 1 atom stereocenters. The van der Waals surface area contributed by atoms with Crippen LogP contribution in [0.15, 0.2) is 78.3 Å². The Morgan fingerprint density at radius 3 is 2.72 bits per heavy atom. The van der Waals surface area contributed by atoms with E-state index < -0.39 is 6.17 Å². The molecule has 144 valence electrons. The van der Waals surface area contributed by atoms with Gasteiger partial charge in [-0.2, -0.15) is 5.10 Å². The van der Waals surface area contributed by atoms with Crippen LogP contribution in [0.5, 0.6) is 0 Å². The number of anilines is 1. The predicted molar refractivity (Wildman–Crippen MR) is 114 cm³/mol. The molecule has 0 bridgehead atoms. The maximum Gasteiger partial charge on any atom is 0.276 e. The lowest BCUT2D eigenvalue weighted by Crippen LogP contribution is -2.52. The van der Waals surface area contributed by atoms with E-state index in [2.05, 4.69) is 15.5 Å². The zero-order valence-electron chi connectivity index (χ0n) is 15.3. The maximum absolute atomic E-state index is 12.8. The molecule has 2 aliphatic heterocycles. The molecule has 5 rings (SSSR count). The number of nitrogens with one attached hydrogen (secondary N) is 2. The van der Waals surface area contributed by atoms with Gasteiger partial charge >= 0.3 is 0 Å². The van der Waals surface area contributed by atoms with E-state index in [9.17, 15) is 9.59 Å². The van der Waals surface area contributed by atoms with Crippen molar-refractivity contribution in [1.82, 2.24) is 15.3 Å². The molecule has 29 heavy (non-hydrogen) atoms. The van der Waals surface area contributed by atoms with E-state index in [1.807, 2.05) is 54.6 Å². The molecule has 8 heteroatoms. The van der Waals surface area contributed by atoms with Gasteiger partial charge in [-0.15, -0.1) is 0 Å². The standard InChI is InChI=1S/C21H17N5O2S/c27-18(16-12-22-17-9-5-4-8-15(16)17)13-29-21-24-23-19-20(28)25(10-11-26(19)21)14-6-2-1-3-7-14/h1-12,19,22-23H,13H2. The number of carbonyl (C=O) groups excluding carboxylic acids is 2. The fourth-order valence-corrected chi connectivity index (χ4v) is 4.28. The Hall–Kier alpha value is -3.52. The first-order chi connectivity index (χ1) is 14.2. The van der Waals surface area contributed by atoms with E-state index in [1.54, 1.807) is 28.4 Å². The van der Waals surface area contributed by atoms with Crippen molar-refractivity contribution in [2.75, 3.05) is 10.7 Å². The van der Waals surface area contributed by atoms with Gasteiger partial charge < -0.3 is 4.98 Å². The summed E-state index contributed by atoms with van der Waals surface area (Å²) < 4.78 is 0.